The van der Waals surface area contributed by atoms with Crippen molar-refractivity contribution in [3.63, 3.8) is 0 Å². The molecule has 1 aromatic carbocycles. The maximum absolute atomic E-state index is 14.6. The highest BCUT2D eigenvalue weighted by Gasteiger charge is 2.29. The summed E-state index contributed by atoms with van der Waals surface area (Å²) in [5.74, 6) is 0.261. The van der Waals surface area contributed by atoms with Gasteiger partial charge < -0.3 is 24.9 Å². The first kappa shape index (κ1) is 19.5. The first-order chi connectivity index (χ1) is 14.5. The highest BCUT2D eigenvalue weighted by molar-refractivity contribution is 6.33. The number of pyridine rings is 1. The minimum absolute atomic E-state index is 0.0311. The second kappa shape index (κ2) is 7.68. The van der Waals surface area contributed by atoms with Crippen molar-refractivity contribution >= 4 is 28.6 Å². The number of imidazole rings is 1. The second-order valence-corrected chi connectivity index (χ2v) is 8.31. The molecule has 1 aliphatic carbocycles. The molecular formula is C21H22ClFN4O3. The molecule has 158 valence electrons. The van der Waals surface area contributed by atoms with Crippen LogP contribution in [-0.2, 0) is 11.2 Å². The fourth-order valence-electron chi connectivity index (χ4n) is 4.27. The predicted octanol–water partition coefficient (Wildman–Crippen LogP) is 3.69. The summed E-state index contributed by atoms with van der Waals surface area (Å²) in [6, 6.07) is 5.45. The van der Waals surface area contributed by atoms with E-state index in [1.807, 2.05) is 13.0 Å². The number of nitrogens with one attached hydrogen (secondary N) is 2. The summed E-state index contributed by atoms with van der Waals surface area (Å²) in [7, 11) is 0. The van der Waals surface area contributed by atoms with Gasteiger partial charge in [-0.1, -0.05) is 17.7 Å². The van der Waals surface area contributed by atoms with Gasteiger partial charge in [-0.2, -0.15) is 4.98 Å². The average molecular weight is 433 g/mol. The lowest BCUT2D eigenvalue weighted by Crippen LogP contribution is -2.17. The lowest BCUT2D eigenvalue weighted by atomic mass is 10.0. The van der Waals surface area contributed by atoms with Gasteiger partial charge in [-0.15, -0.1) is 0 Å². The van der Waals surface area contributed by atoms with Crippen molar-refractivity contribution in [1.82, 2.24) is 15.0 Å². The molecule has 3 aromatic rings. The Balaban J connectivity index is 1.37. The molecule has 9 heteroatoms. The molecule has 30 heavy (non-hydrogen) atoms. The number of hydrogen-bond donors (Lipinski definition) is 3. The smallest absolute Gasteiger partial charge is 0.296 e. The molecule has 1 aliphatic heterocycles. The van der Waals surface area contributed by atoms with Crippen molar-refractivity contribution in [2.75, 3.05) is 18.5 Å². The van der Waals surface area contributed by atoms with E-state index in [1.54, 1.807) is 12.1 Å². The van der Waals surface area contributed by atoms with E-state index in [9.17, 15) is 9.50 Å². The highest BCUT2D eigenvalue weighted by Crippen LogP contribution is 2.38. The van der Waals surface area contributed by atoms with E-state index in [0.717, 1.165) is 24.0 Å². The zero-order valence-corrected chi connectivity index (χ0v) is 17.2. The molecule has 0 bridgehead atoms. The number of anilines is 1. The maximum atomic E-state index is 14.6. The minimum Gasteiger partial charge on any atom is -0.459 e. The number of aromatic amines is 1. The van der Waals surface area contributed by atoms with Crippen LogP contribution in [0.1, 0.15) is 35.6 Å². The van der Waals surface area contributed by atoms with Crippen LogP contribution in [0, 0.1) is 12.7 Å². The van der Waals surface area contributed by atoms with Crippen LogP contribution in [0.5, 0.6) is 6.01 Å². The molecular weight excluding hydrogens is 411 g/mol. The molecule has 2 aromatic heterocycles. The van der Waals surface area contributed by atoms with Crippen LogP contribution < -0.4 is 10.1 Å². The summed E-state index contributed by atoms with van der Waals surface area (Å²) in [5.41, 5.74) is 3.73. The van der Waals surface area contributed by atoms with Gasteiger partial charge in [0.05, 0.1) is 35.9 Å². The Hall–Kier alpha value is -2.42. The molecule has 0 amide bonds. The Kier molecular flexibility index (Phi) is 5.00. The SMILES string of the molecule is Cc1cc(F)c2c(c1)CCC2Nc1nc2nc(O[C@@H]3COC(CO)C3)[nH]c2cc1Cl. The summed E-state index contributed by atoms with van der Waals surface area (Å²) >= 11 is 6.44. The van der Waals surface area contributed by atoms with Crippen molar-refractivity contribution in [3.8, 4) is 6.01 Å². The van der Waals surface area contributed by atoms with Crippen LogP contribution >= 0.6 is 11.6 Å². The molecule has 3 heterocycles. The lowest BCUT2D eigenvalue weighted by molar-refractivity contribution is 0.0528. The van der Waals surface area contributed by atoms with Crippen LogP contribution in [0.25, 0.3) is 11.2 Å². The third-order valence-electron chi connectivity index (χ3n) is 5.65. The molecule has 3 atom stereocenters. The fourth-order valence-corrected chi connectivity index (χ4v) is 4.47. The van der Waals surface area contributed by atoms with Gasteiger partial charge in [-0.3, -0.25) is 0 Å². The van der Waals surface area contributed by atoms with Crippen molar-refractivity contribution in [3.05, 3.63) is 45.7 Å². The monoisotopic (exact) mass is 432 g/mol. The Labute approximate surface area is 177 Å². The minimum atomic E-state index is -0.207. The predicted molar refractivity (Wildman–Crippen MR) is 111 cm³/mol. The van der Waals surface area contributed by atoms with Crippen LogP contribution in [0.4, 0.5) is 10.2 Å². The molecule has 0 spiro atoms. The van der Waals surface area contributed by atoms with Gasteiger partial charge in [0.15, 0.2) is 5.65 Å². The molecule has 0 radical (unpaired) electrons. The van der Waals surface area contributed by atoms with E-state index < -0.39 is 0 Å². The number of rotatable bonds is 5. The number of H-pyrrole nitrogens is 1. The third kappa shape index (κ3) is 3.59. The van der Waals surface area contributed by atoms with Crippen molar-refractivity contribution in [2.24, 2.45) is 0 Å². The summed E-state index contributed by atoms with van der Waals surface area (Å²) in [4.78, 5) is 12.0. The Morgan fingerprint density at radius 1 is 1.37 bits per heavy atom. The molecule has 1 saturated heterocycles. The molecule has 3 N–H and O–H groups in total. The first-order valence-electron chi connectivity index (χ1n) is 10.0. The molecule has 7 nitrogen and oxygen atoms in total. The second-order valence-electron chi connectivity index (χ2n) is 7.90. The molecule has 5 rings (SSSR count). The zero-order valence-electron chi connectivity index (χ0n) is 16.4. The number of aliphatic hydroxyl groups excluding tert-OH is 1. The normalized spacial score (nSPS) is 23.1. The zero-order chi connectivity index (χ0) is 20.8. The topological polar surface area (TPSA) is 92.3 Å². The average Bonchev–Trinajstić information content (AvgIpc) is 3.41. The fraction of sp³-hybridized carbons (Fsp3) is 0.429. The summed E-state index contributed by atoms with van der Waals surface area (Å²) in [5, 5.41) is 12.9. The summed E-state index contributed by atoms with van der Waals surface area (Å²) in [6.45, 7) is 2.27. The molecule has 2 unspecified atom stereocenters. The number of halogens is 2. The van der Waals surface area contributed by atoms with E-state index in [1.165, 1.54) is 0 Å². The first-order valence-corrected chi connectivity index (χ1v) is 10.4. The highest BCUT2D eigenvalue weighted by atomic mass is 35.5. The van der Waals surface area contributed by atoms with Crippen molar-refractivity contribution < 1.29 is 19.0 Å². The number of hydrogen-bond acceptors (Lipinski definition) is 6. The molecule has 1 fully saturated rings. The van der Waals surface area contributed by atoms with Crippen LogP contribution in [0.15, 0.2) is 18.2 Å². The van der Waals surface area contributed by atoms with E-state index in [4.69, 9.17) is 21.1 Å². The number of aliphatic hydroxyl groups is 1. The van der Waals surface area contributed by atoms with Gasteiger partial charge in [-0.05, 0) is 43.0 Å². The largest absolute Gasteiger partial charge is 0.459 e. The summed E-state index contributed by atoms with van der Waals surface area (Å²) in [6.07, 6.45) is 1.79. The standard InChI is InChI=1S/C21H22ClFN4O3/c1-10-4-11-2-3-16(18(11)15(23)5-10)24-19-14(22)7-17-20(26-19)27-21(25-17)30-13-6-12(8-28)29-9-13/h4-5,7,12-13,16,28H,2-3,6,8-9H2,1H3,(H2,24,25,26,27)/t12?,13-,16?/m0/s1. The number of benzene rings is 1. The van der Waals surface area contributed by atoms with E-state index in [2.05, 4.69) is 20.3 Å². The maximum Gasteiger partial charge on any atom is 0.296 e. The van der Waals surface area contributed by atoms with Gasteiger partial charge in [0.1, 0.15) is 17.7 Å². The van der Waals surface area contributed by atoms with Crippen molar-refractivity contribution in [2.45, 2.75) is 44.4 Å². The number of ether oxygens (including phenoxy) is 2. The van der Waals surface area contributed by atoms with Crippen LogP contribution in [0.3, 0.4) is 0 Å². The van der Waals surface area contributed by atoms with Crippen LogP contribution in [-0.4, -0.2) is 45.5 Å². The van der Waals surface area contributed by atoms with Gasteiger partial charge >= 0.3 is 0 Å². The quantitative estimate of drug-likeness (QED) is 0.569. The van der Waals surface area contributed by atoms with Crippen LogP contribution in [0.2, 0.25) is 5.02 Å². The van der Waals surface area contributed by atoms with Crippen molar-refractivity contribution in [1.29, 1.82) is 0 Å². The van der Waals surface area contributed by atoms with E-state index in [0.29, 0.717) is 46.6 Å². The number of nitrogens with zero attached hydrogens (tertiary/aromatic N) is 2. The third-order valence-corrected chi connectivity index (χ3v) is 5.94. The summed E-state index contributed by atoms with van der Waals surface area (Å²) < 4.78 is 25.8. The molecule has 0 saturated carbocycles. The van der Waals surface area contributed by atoms with Gasteiger partial charge in [0.2, 0.25) is 0 Å². The Morgan fingerprint density at radius 3 is 3.03 bits per heavy atom. The Morgan fingerprint density at radius 2 is 2.23 bits per heavy atom. The van der Waals surface area contributed by atoms with E-state index in [-0.39, 0.29) is 30.7 Å². The lowest BCUT2D eigenvalue weighted by Gasteiger charge is -2.16. The Bertz CT molecular complexity index is 1110. The van der Waals surface area contributed by atoms with Gasteiger partial charge in [0, 0.05) is 12.0 Å². The van der Waals surface area contributed by atoms with E-state index >= 15 is 0 Å². The number of aryl methyl sites for hydroxylation is 2. The van der Waals surface area contributed by atoms with Gasteiger partial charge in [-0.25, -0.2) is 9.37 Å². The molecule has 2 aliphatic rings. The van der Waals surface area contributed by atoms with Gasteiger partial charge in [0.25, 0.3) is 6.01 Å². The number of aromatic nitrogens is 3. The number of fused-ring (bicyclic) bond motifs is 2.